The van der Waals surface area contributed by atoms with Crippen LogP contribution in [-0.2, 0) is 9.59 Å². The van der Waals surface area contributed by atoms with Crippen LogP contribution in [-0.4, -0.2) is 31.4 Å². The van der Waals surface area contributed by atoms with Crippen LogP contribution in [0.5, 0.6) is 0 Å². The lowest BCUT2D eigenvalue weighted by molar-refractivity contribution is -0.122. The highest BCUT2D eigenvalue weighted by Gasteiger charge is 2.36. The van der Waals surface area contributed by atoms with Gasteiger partial charge in [-0.2, -0.15) is 0 Å². The Bertz CT molecular complexity index is 932. The molecule has 4 rings (SSSR count). The van der Waals surface area contributed by atoms with Crippen molar-refractivity contribution in [3.8, 4) is 0 Å². The summed E-state index contributed by atoms with van der Waals surface area (Å²) in [6, 6.07) is 10.7. The molecule has 2 aliphatic heterocycles. The molecule has 2 amide bonds. The van der Waals surface area contributed by atoms with Crippen LogP contribution in [0.4, 0.5) is 25.8 Å². The summed E-state index contributed by atoms with van der Waals surface area (Å²) in [6.45, 7) is 4.37. The van der Waals surface area contributed by atoms with E-state index in [1.54, 1.807) is 0 Å². The second-order valence-electron chi connectivity index (χ2n) is 7.88. The number of carbonyl (C=O) groups excluding carboxylic acids is 2. The molecule has 0 bridgehead atoms. The Morgan fingerprint density at radius 2 is 1.86 bits per heavy atom. The van der Waals surface area contributed by atoms with Crippen LogP contribution in [0, 0.1) is 23.5 Å². The second kappa shape index (κ2) is 7.81. The zero-order valence-corrected chi connectivity index (χ0v) is 16.2. The summed E-state index contributed by atoms with van der Waals surface area (Å²) in [5.41, 5.74) is 1.78. The first kappa shape index (κ1) is 19.4. The number of hydrogen-bond donors (Lipinski definition) is 1. The summed E-state index contributed by atoms with van der Waals surface area (Å²) in [7, 11) is 0. The summed E-state index contributed by atoms with van der Waals surface area (Å²) in [4.78, 5) is 28.4. The minimum atomic E-state index is -0.814. The van der Waals surface area contributed by atoms with E-state index in [2.05, 4.69) is 17.1 Å². The molecular formula is C22H23F2N3O2. The molecular weight excluding hydrogens is 376 g/mol. The number of hydrogen-bond acceptors (Lipinski definition) is 3. The third-order valence-corrected chi connectivity index (χ3v) is 5.62. The molecule has 2 heterocycles. The Morgan fingerprint density at radius 3 is 2.52 bits per heavy atom. The molecule has 0 aliphatic carbocycles. The summed E-state index contributed by atoms with van der Waals surface area (Å²) < 4.78 is 27.1. The molecule has 0 spiro atoms. The Hall–Kier alpha value is -2.96. The minimum absolute atomic E-state index is 0.00380. The average Bonchev–Trinajstić information content (AvgIpc) is 3.28. The number of nitrogens with zero attached hydrogens (tertiary/aromatic N) is 2. The van der Waals surface area contributed by atoms with E-state index in [1.807, 2.05) is 24.3 Å². The van der Waals surface area contributed by atoms with Crippen LogP contribution in [0.15, 0.2) is 42.5 Å². The first-order chi connectivity index (χ1) is 13.9. The van der Waals surface area contributed by atoms with Crippen molar-refractivity contribution in [1.82, 2.24) is 0 Å². The minimum Gasteiger partial charge on any atom is -0.371 e. The number of amides is 2. The maximum atomic E-state index is 14.0. The lowest BCUT2D eigenvalue weighted by Crippen LogP contribution is -2.28. The van der Waals surface area contributed by atoms with E-state index >= 15 is 0 Å². The molecule has 0 aromatic heterocycles. The summed E-state index contributed by atoms with van der Waals surface area (Å²) in [5.74, 6) is -2.07. The molecule has 2 unspecified atom stereocenters. The zero-order chi connectivity index (χ0) is 20.5. The van der Waals surface area contributed by atoms with Gasteiger partial charge in [0.15, 0.2) is 0 Å². The van der Waals surface area contributed by atoms with E-state index in [9.17, 15) is 18.4 Å². The van der Waals surface area contributed by atoms with Crippen LogP contribution in [0.3, 0.4) is 0 Å². The van der Waals surface area contributed by atoms with Crippen LogP contribution in [0.25, 0.3) is 0 Å². The van der Waals surface area contributed by atoms with Gasteiger partial charge in [-0.1, -0.05) is 6.92 Å². The van der Waals surface area contributed by atoms with Gasteiger partial charge < -0.3 is 15.1 Å². The van der Waals surface area contributed by atoms with Crippen molar-refractivity contribution in [3.63, 3.8) is 0 Å². The van der Waals surface area contributed by atoms with E-state index in [0.29, 0.717) is 11.6 Å². The molecule has 7 heteroatoms. The normalized spacial score (nSPS) is 21.7. The molecule has 1 N–H and O–H groups in total. The van der Waals surface area contributed by atoms with Gasteiger partial charge in [-0.15, -0.1) is 0 Å². The maximum Gasteiger partial charge on any atom is 0.229 e. The monoisotopic (exact) mass is 399 g/mol. The van der Waals surface area contributed by atoms with Crippen molar-refractivity contribution in [2.75, 3.05) is 34.8 Å². The fraction of sp³-hybridized carbons (Fsp3) is 0.364. The Balaban J connectivity index is 1.39. The summed E-state index contributed by atoms with van der Waals surface area (Å²) >= 11 is 0. The predicted molar refractivity (Wildman–Crippen MR) is 108 cm³/mol. The molecule has 2 aliphatic rings. The second-order valence-corrected chi connectivity index (χ2v) is 7.88. The largest absolute Gasteiger partial charge is 0.371 e. The first-order valence-corrected chi connectivity index (χ1v) is 9.82. The molecule has 2 fully saturated rings. The third kappa shape index (κ3) is 4.09. The molecule has 152 valence electrons. The number of benzene rings is 2. The van der Waals surface area contributed by atoms with Gasteiger partial charge in [0, 0.05) is 43.5 Å². The molecule has 2 aromatic rings. The van der Waals surface area contributed by atoms with Crippen molar-refractivity contribution in [1.29, 1.82) is 0 Å². The molecule has 2 aromatic carbocycles. The zero-order valence-electron chi connectivity index (χ0n) is 16.2. The highest BCUT2D eigenvalue weighted by molar-refractivity contribution is 6.03. The van der Waals surface area contributed by atoms with Crippen molar-refractivity contribution in [2.24, 2.45) is 11.8 Å². The Morgan fingerprint density at radius 1 is 1.10 bits per heavy atom. The van der Waals surface area contributed by atoms with E-state index in [-0.39, 0.29) is 30.5 Å². The van der Waals surface area contributed by atoms with E-state index in [0.717, 1.165) is 30.9 Å². The van der Waals surface area contributed by atoms with Gasteiger partial charge in [0.25, 0.3) is 0 Å². The lowest BCUT2D eigenvalue weighted by atomic mass is 10.1. The fourth-order valence-electron chi connectivity index (χ4n) is 3.99. The van der Waals surface area contributed by atoms with Crippen LogP contribution < -0.4 is 15.1 Å². The van der Waals surface area contributed by atoms with Gasteiger partial charge in [0.2, 0.25) is 11.8 Å². The highest BCUT2D eigenvalue weighted by atomic mass is 19.1. The maximum absolute atomic E-state index is 14.0. The van der Waals surface area contributed by atoms with Gasteiger partial charge >= 0.3 is 0 Å². The third-order valence-electron chi connectivity index (χ3n) is 5.62. The number of nitrogens with one attached hydrogen (secondary N) is 1. The molecule has 2 saturated heterocycles. The smallest absolute Gasteiger partial charge is 0.229 e. The average molecular weight is 399 g/mol. The SMILES string of the molecule is CC1CCN(c2ccc(NC(=O)C3CC(=O)N(c4ccc(F)cc4F)C3)cc2)C1. The van der Waals surface area contributed by atoms with Gasteiger partial charge in [-0.3, -0.25) is 9.59 Å². The van der Waals surface area contributed by atoms with Crippen LogP contribution >= 0.6 is 0 Å². The first-order valence-electron chi connectivity index (χ1n) is 9.82. The molecule has 0 radical (unpaired) electrons. The summed E-state index contributed by atoms with van der Waals surface area (Å²) in [6.07, 6.45) is 1.17. The number of rotatable bonds is 4. The Kier molecular flexibility index (Phi) is 5.22. The molecule has 0 saturated carbocycles. The van der Waals surface area contributed by atoms with Gasteiger partial charge in [0.1, 0.15) is 11.6 Å². The fourth-order valence-corrected chi connectivity index (χ4v) is 3.99. The van der Waals surface area contributed by atoms with Crippen LogP contribution in [0.2, 0.25) is 0 Å². The van der Waals surface area contributed by atoms with Gasteiger partial charge in [-0.05, 0) is 48.7 Å². The summed E-state index contributed by atoms with van der Waals surface area (Å²) in [5, 5.41) is 2.84. The van der Waals surface area contributed by atoms with Gasteiger partial charge in [0.05, 0.1) is 11.6 Å². The predicted octanol–water partition coefficient (Wildman–Crippen LogP) is 3.80. The lowest BCUT2D eigenvalue weighted by Gasteiger charge is -2.19. The van der Waals surface area contributed by atoms with E-state index in [4.69, 9.17) is 0 Å². The van der Waals surface area contributed by atoms with E-state index in [1.165, 1.54) is 17.4 Å². The van der Waals surface area contributed by atoms with Crippen molar-refractivity contribution in [2.45, 2.75) is 19.8 Å². The standard InChI is InChI=1S/C22H23F2N3O2/c1-14-8-9-26(12-14)18-5-3-17(4-6-18)25-22(29)15-10-21(28)27(13-15)20-7-2-16(23)11-19(20)24/h2-7,11,14-15H,8-10,12-13H2,1H3,(H,25,29). The van der Waals surface area contributed by atoms with Crippen molar-refractivity contribution in [3.05, 3.63) is 54.1 Å². The van der Waals surface area contributed by atoms with Crippen molar-refractivity contribution >= 4 is 28.9 Å². The topological polar surface area (TPSA) is 52.7 Å². The highest BCUT2D eigenvalue weighted by Crippen LogP contribution is 2.29. The quantitative estimate of drug-likeness (QED) is 0.851. The molecule has 29 heavy (non-hydrogen) atoms. The van der Waals surface area contributed by atoms with Crippen LogP contribution in [0.1, 0.15) is 19.8 Å². The molecule has 2 atom stereocenters. The Labute approximate surface area is 168 Å². The number of halogens is 2. The number of anilines is 3. The number of carbonyl (C=O) groups is 2. The van der Waals surface area contributed by atoms with Crippen molar-refractivity contribution < 1.29 is 18.4 Å². The van der Waals surface area contributed by atoms with E-state index < -0.39 is 17.6 Å². The molecule has 5 nitrogen and oxygen atoms in total. The van der Waals surface area contributed by atoms with Gasteiger partial charge in [-0.25, -0.2) is 8.78 Å².